The van der Waals surface area contributed by atoms with Gasteiger partial charge >= 0.3 is 0 Å². The van der Waals surface area contributed by atoms with Crippen molar-refractivity contribution in [3.05, 3.63) is 0 Å². The molecule has 1 fully saturated rings. The maximum Gasteiger partial charge on any atom is 0.238 e. The molecule has 6 heteroatoms. The normalized spacial score (nSPS) is 22.6. The average Bonchev–Trinajstić information content (AvgIpc) is 2.28. The molecule has 1 aliphatic heterocycles. The first kappa shape index (κ1) is 14.0. The molecule has 1 heterocycles. The van der Waals surface area contributed by atoms with Gasteiger partial charge in [0.15, 0.2) is 9.84 Å². The van der Waals surface area contributed by atoms with Gasteiger partial charge in [-0.15, -0.1) is 0 Å². The number of amides is 1. The summed E-state index contributed by atoms with van der Waals surface area (Å²) in [4.78, 5) is 11.7. The third kappa shape index (κ3) is 4.35. The fourth-order valence-corrected chi connectivity index (χ4v) is 3.73. The van der Waals surface area contributed by atoms with Crippen LogP contribution in [0.4, 0.5) is 0 Å². The fraction of sp³-hybridized carbons (Fsp3) is 0.818. The minimum absolute atomic E-state index is 0.125. The summed E-state index contributed by atoms with van der Waals surface area (Å²) in [7, 11) is -3.23. The molecule has 17 heavy (non-hydrogen) atoms. The Balaban J connectivity index is 2.34. The monoisotopic (exact) mass is 258 g/mol. The molecule has 0 aliphatic carbocycles. The van der Waals surface area contributed by atoms with E-state index in [9.17, 15) is 13.2 Å². The molecule has 0 spiro atoms. The first-order valence-electron chi connectivity index (χ1n) is 5.94. The van der Waals surface area contributed by atoms with E-state index in [1.54, 1.807) is 0 Å². The van der Waals surface area contributed by atoms with Gasteiger partial charge in [0, 0.05) is 13.0 Å². The second-order valence-corrected chi connectivity index (χ2v) is 6.56. The molecule has 0 radical (unpaired) electrons. The van der Waals surface area contributed by atoms with E-state index in [-0.39, 0.29) is 11.7 Å². The van der Waals surface area contributed by atoms with Crippen LogP contribution in [0.25, 0.3) is 0 Å². The van der Waals surface area contributed by atoms with Crippen molar-refractivity contribution in [2.24, 2.45) is 0 Å². The van der Waals surface area contributed by atoms with Gasteiger partial charge in [0.25, 0.3) is 0 Å². The van der Waals surface area contributed by atoms with Gasteiger partial charge in [-0.2, -0.15) is 5.26 Å². The van der Waals surface area contributed by atoms with E-state index in [1.165, 1.54) is 0 Å². The highest BCUT2D eigenvalue weighted by molar-refractivity contribution is 7.92. The molecule has 1 atom stereocenters. The van der Waals surface area contributed by atoms with Crippen LogP contribution in [0.5, 0.6) is 0 Å². The number of carbonyl (C=O) groups is 1. The summed E-state index contributed by atoms with van der Waals surface area (Å²) in [6, 6.07) is 2.02. The molecule has 0 aromatic heterocycles. The van der Waals surface area contributed by atoms with Gasteiger partial charge in [-0.25, -0.2) is 8.42 Å². The van der Waals surface area contributed by atoms with Gasteiger partial charge in [-0.3, -0.25) is 4.79 Å². The van der Waals surface area contributed by atoms with Crippen molar-refractivity contribution in [3.63, 3.8) is 0 Å². The Morgan fingerprint density at radius 2 is 2.12 bits per heavy atom. The van der Waals surface area contributed by atoms with Gasteiger partial charge < -0.3 is 5.32 Å². The van der Waals surface area contributed by atoms with Crippen molar-refractivity contribution in [3.8, 4) is 6.07 Å². The van der Waals surface area contributed by atoms with Gasteiger partial charge in [0.05, 0.1) is 11.8 Å². The van der Waals surface area contributed by atoms with Gasteiger partial charge in [0.1, 0.15) is 5.25 Å². The van der Waals surface area contributed by atoms with Crippen LogP contribution in [0.15, 0.2) is 0 Å². The van der Waals surface area contributed by atoms with E-state index in [1.807, 2.05) is 6.07 Å². The minimum atomic E-state index is -3.23. The average molecular weight is 258 g/mol. The van der Waals surface area contributed by atoms with Crippen molar-refractivity contribution < 1.29 is 13.2 Å². The molecule has 1 aliphatic rings. The first-order chi connectivity index (χ1) is 8.08. The van der Waals surface area contributed by atoms with E-state index >= 15 is 0 Å². The van der Waals surface area contributed by atoms with Crippen LogP contribution in [0.2, 0.25) is 0 Å². The first-order valence-corrected chi connectivity index (χ1v) is 7.65. The van der Waals surface area contributed by atoms with Crippen molar-refractivity contribution >= 4 is 15.7 Å². The number of hydrogen-bond acceptors (Lipinski definition) is 4. The molecule has 1 N–H and O–H groups in total. The molecule has 0 aromatic rings. The van der Waals surface area contributed by atoms with Crippen molar-refractivity contribution in [2.45, 2.75) is 43.8 Å². The summed E-state index contributed by atoms with van der Waals surface area (Å²) >= 11 is 0. The maximum absolute atomic E-state index is 11.7. The van der Waals surface area contributed by atoms with Gasteiger partial charge in [-0.1, -0.05) is 6.42 Å². The Hall–Kier alpha value is -1.09. The molecule has 1 unspecified atom stereocenters. The standard InChI is InChI=1S/C11H18N2O3S/c12-7-3-1-4-8-13-11(14)10-6-2-5-9-17(10,15)16/h10H,1-6,8-9H2,(H,13,14). The summed E-state index contributed by atoms with van der Waals surface area (Å²) < 4.78 is 23.3. The smallest absolute Gasteiger partial charge is 0.238 e. The van der Waals surface area contributed by atoms with Crippen LogP contribution in [0.1, 0.15) is 38.5 Å². The Morgan fingerprint density at radius 1 is 1.35 bits per heavy atom. The number of sulfone groups is 1. The lowest BCUT2D eigenvalue weighted by molar-refractivity contribution is -0.120. The molecule has 1 amide bonds. The van der Waals surface area contributed by atoms with Crippen LogP contribution in [0, 0.1) is 11.3 Å². The fourth-order valence-electron chi connectivity index (χ4n) is 1.90. The van der Waals surface area contributed by atoms with Gasteiger partial charge in [-0.05, 0) is 25.7 Å². The third-order valence-corrected chi connectivity index (χ3v) is 5.06. The van der Waals surface area contributed by atoms with Crippen molar-refractivity contribution in [1.82, 2.24) is 5.32 Å². The third-order valence-electron chi connectivity index (χ3n) is 2.89. The second kappa shape index (κ2) is 6.60. The van der Waals surface area contributed by atoms with E-state index in [2.05, 4.69) is 5.32 Å². The van der Waals surface area contributed by atoms with Gasteiger partial charge in [0.2, 0.25) is 5.91 Å². The number of rotatable bonds is 5. The van der Waals surface area contributed by atoms with Crippen molar-refractivity contribution in [1.29, 1.82) is 5.26 Å². The number of nitrogens with zero attached hydrogens (tertiary/aromatic N) is 1. The molecule has 0 saturated carbocycles. The minimum Gasteiger partial charge on any atom is -0.355 e. The topological polar surface area (TPSA) is 87.0 Å². The Bertz CT molecular complexity index is 397. The van der Waals surface area contributed by atoms with Crippen LogP contribution in [-0.2, 0) is 14.6 Å². The van der Waals surface area contributed by atoms with E-state index in [0.29, 0.717) is 32.2 Å². The lowest BCUT2D eigenvalue weighted by atomic mass is 10.2. The molecule has 5 nitrogen and oxygen atoms in total. The zero-order valence-corrected chi connectivity index (χ0v) is 10.6. The summed E-state index contributed by atoms with van der Waals surface area (Å²) in [5, 5.41) is 10.1. The van der Waals surface area contributed by atoms with Crippen LogP contribution in [-0.4, -0.2) is 31.9 Å². The highest BCUT2D eigenvalue weighted by Crippen LogP contribution is 2.19. The molecule has 1 rings (SSSR count). The Labute approximate surface area is 102 Å². The summed E-state index contributed by atoms with van der Waals surface area (Å²) in [6.07, 6.45) is 3.81. The lowest BCUT2D eigenvalue weighted by Crippen LogP contribution is -2.43. The highest BCUT2D eigenvalue weighted by Gasteiger charge is 2.34. The predicted molar refractivity (Wildman–Crippen MR) is 63.9 cm³/mol. The summed E-state index contributed by atoms with van der Waals surface area (Å²) in [6.45, 7) is 0.451. The molecule has 0 aromatic carbocycles. The highest BCUT2D eigenvalue weighted by atomic mass is 32.2. The summed E-state index contributed by atoms with van der Waals surface area (Å²) in [5.74, 6) is -0.249. The molecule has 0 bridgehead atoms. The van der Waals surface area contributed by atoms with Crippen LogP contribution in [0.3, 0.4) is 0 Å². The number of nitrogens with one attached hydrogen (secondary N) is 1. The van der Waals surface area contributed by atoms with Crippen LogP contribution >= 0.6 is 0 Å². The maximum atomic E-state index is 11.7. The van der Waals surface area contributed by atoms with Crippen molar-refractivity contribution in [2.75, 3.05) is 12.3 Å². The predicted octanol–water partition coefficient (Wildman–Crippen LogP) is 0.764. The zero-order valence-electron chi connectivity index (χ0n) is 9.81. The molecule has 96 valence electrons. The van der Waals surface area contributed by atoms with E-state index in [4.69, 9.17) is 5.26 Å². The summed E-state index contributed by atoms with van der Waals surface area (Å²) in [5.41, 5.74) is 0. The quantitative estimate of drug-likeness (QED) is 0.738. The SMILES string of the molecule is N#CCCCCNC(=O)C1CCCCS1(=O)=O. The molecule has 1 saturated heterocycles. The Morgan fingerprint density at radius 3 is 2.76 bits per heavy atom. The molecular weight excluding hydrogens is 240 g/mol. The molecular formula is C11H18N2O3S. The van der Waals surface area contributed by atoms with Crippen LogP contribution < -0.4 is 5.32 Å². The number of carbonyl (C=O) groups excluding carboxylic acids is 1. The Kier molecular flexibility index (Phi) is 5.42. The number of nitriles is 1. The lowest BCUT2D eigenvalue weighted by Gasteiger charge is -2.21. The zero-order chi connectivity index (χ0) is 12.7. The number of unbranched alkanes of at least 4 members (excludes halogenated alkanes) is 2. The largest absolute Gasteiger partial charge is 0.355 e. The number of hydrogen-bond donors (Lipinski definition) is 1. The second-order valence-electron chi connectivity index (χ2n) is 4.26. The van der Waals surface area contributed by atoms with E-state index < -0.39 is 15.1 Å². The van der Waals surface area contributed by atoms with E-state index in [0.717, 1.165) is 12.8 Å².